The van der Waals surface area contributed by atoms with Gasteiger partial charge in [0.05, 0.1) is 0 Å². The van der Waals surface area contributed by atoms with E-state index < -0.39 is 28.9 Å². The number of alkyl halides is 6. The number of hydrogen-bond donors (Lipinski definition) is 4. The molecule has 0 aliphatic rings. The molecule has 14 heteroatoms. The van der Waals surface area contributed by atoms with Crippen molar-refractivity contribution in [2.75, 3.05) is 22.9 Å². The zero-order chi connectivity index (χ0) is 48.7. The Morgan fingerprint density at radius 3 is 0.809 bits per heavy atom. The largest absolute Gasteiger partial charge is 0.457 e. The Hall–Kier alpha value is -8.26. The summed E-state index contributed by atoms with van der Waals surface area (Å²) in [5, 5.41) is 0. The van der Waals surface area contributed by atoms with E-state index in [0.29, 0.717) is 22.7 Å². The molecular weight excluding hydrogens is 883 g/mol. The second kappa shape index (κ2) is 19.7. The minimum Gasteiger partial charge on any atom is -0.457 e. The summed E-state index contributed by atoms with van der Waals surface area (Å²) in [6.45, 7) is 4.41. The van der Waals surface area contributed by atoms with Crippen molar-refractivity contribution in [2.45, 2.75) is 37.0 Å². The van der Waals surface area contributed by atoms with Crippen LogP contribution in [0.2, 0.25) is 0 Å². The van der Waals surface area contributed by atoms with Crippen LogP contribution in [0, 0.1) is 0 Å². The van der Waals surface area contributed by atoms with Gasteiger partial charge in [-0.3, -0.25) is 0 Å². The molecule has 8 N–H and O–H groups in total. The lowest BCUT2D eigenvalue weighted by Crippen LogP contribution is -2.54. The fraction of sp³-hybridized carbons (Fsp3) is 0.111. The molecule has 0 aliphatic heterocycles. The van der Waals surface area contributed by atoms with Crippen LogP contribution in [0.3, 0.4) is 0 Å². The molecule has 0 amide bonds. The highest BCUT2D eigenvalue weighted by molar-refractivity contribution is 5.51. The van der Waals surface area contributed by atoms with E-state index in [1.807, 2.05) is 72.8 Å². The van der Waals surface area contributed by atoms with Gasteiger partial charge in [-0.15, -0.1) is 0 Å². The van der Waals surface area contributed by atoms with Gasteiger partial charge in [-0.2, -0.15) is 26.3 Å². The van der Waals surface area contributed by atoms with E-state index in [2.05, 4.69) is 38.1 Å². The van der Waals surface area contributed by atoms with Crippen LogP contribution < -0.4 is 41.9 Å². The molecule has 8 nitrogen and oxygen atoms in total. The standard InChI is InChI=1S/C27H20F6N2O2.C27H26N2O2/c28-26(29,30)25(27(31,32)33,17-7-11-21(12-8-17)36-23-5-1-3-19(34)15-23)18-9-13-22(14-10-18)37-24-6-2-4-20(35)16-24;1-27(2,19-3-11-23(12-4-19)30-25-15-7-21(28)8-16-25)20-5-13-24(14-6-20)31-26-17-9-22(29)10-18-26/h1-16H,34-35H2;3-18H,28-29H2,1-2H3. The Morgan fingerprint density at radius 2 is 0.544 bits per heavy atom. The number of nitrogens with two attached hydrogens (primary N) is 4. The lowest BCUT2D eigenvalue weighted by molar-refractivity contribution is -0.288. The third kappa shape index (κ3) is 11.0. The Balaban J connectivity index is 0.000000204. The maximum absolute atomic E-state index is 14.4. The number of anilines is 4. The monoisotopic (exact) mass is 928 g/mol. The third-order valence-corrected chi connectivity index (χ3v) is 11.0. The maximum atomic E-state index is 14.4. The minimum atomic E-state index is -5.72. The molecule has 0 unspecified atom stereocenters. The SMILES string of the molecule is CC(C)(c1ccc(Oc2ccc(N)cc2)cc1)c1ccc(Oc2ccc(N)cc2)cc1.Nc1cccc(Oc2ccc(C(c3ccc(Oc4cccc(N)c4)cc3)(C(F)(F)F)C(F)(F)F)cc2)c1. The fourth-order valence-electron chi connectivity index (χ4n) is 7.35. The summed E-state index contributed by atoms with van der Waals surface area (Å²) in [5.74, 6) is 3.74. The van der Waals surface area contributed by atoms with Gasteiger partial charge in [0, 0.05) is 40.3 Å². The highest BCUT2D eigenvalue weighted by Gasteiger charge is 2.72. The van der Waals surface area contributed by atoms with Gasteiger partial charge in [0.15, 0.2) is 0 Å². The van der Waals surface area contributed by atoms with Crippen molar-refractivity contribution in [3.05, 3.63) is 216 Å². The number of rotatable bonds is 12. The van der Waals surface area contributed by atoms with E-state index in [1.165, 1.54) is 23.3 Å². The maximum Gasteiger partial charge on any atom is 0.411 e. The summed E-state index contributed by atoms with van der Waals surface area (Å²) in [5.41, 5.74) is 20.9. The van der Waals surface area contributed by atoms with Gasteiger partial charge in [0.1, 0.15) is 46.0 Å². The topological polar surface area (TPSA) is 141 Å². The van der Waals surface area contributed by atoms with Crippen LogP contribution in [0.5, 0.6) is 46.0 Å². The molecule has 0 spiro atoms. The minimum absolute atomic E-state index is 0.0403. The van der Waals surface area contributed by atoms with Crippen molar-refractivity contribution < 1.29 is 45.3 Å². The molecule has 0 radical (unpaired) electrons. The van der Waals surface area contributed by atoms with Gasteiger partial charge in [-0.25, -0.2) is 0 Å². The Labute approximate surface area is 389 Å². The summed E-state index contributed by atoms with van der Waals surface area (Å²) in [6.07, 6.45) is -11.4. The molecule has 8 aromatic rings. The van der Waals surface area contributed by atoms with Crippen molar-refractivity contribution in [1.29, 1.82) is 0 Å². The van der Waals surface area contributed by atoms with Crippen LogP contribution in [0.25, 0.3) is 0 Å². The Kier molecular flexibility index (Phi) is 13.8. The molecule has 0 saturated carbocycles. The second-order valence-electron chi connectivity index (χ2n) is 16.2. The number of benzene rings is 8. The lowest BCUT2D eigenvalue weighted by atomic mass is 9.73. The normalized spacial score (nSPS) is 11.8. The van der Waals surface area contributed by atoms with Gasteiger partial charge in [0.2, 0.25) is 5.41 Å². The fourth-order valence-corrected chi connectivity index (χ4v) is 7.35. The number of halogens is 6. The van der Waals surface area contributed by atoms with Crippen LogP contribution in [0.15, 0.2) is 194 Å². The summed E-state index contributed by atoms with van der Waals surface area (Å²) >= 11 is 0. The summed E-state index contributed by atoms with van der Waals surface area (Å²) in [7, 11) is 0. The second-order valence-corrected chi connectivity index (χ2v) is 16.2. The highest BCUT2D eigenvalue weighted by atomic mass is 19.4. The van der Waals surface area contributed by atoms with Crippen molar-refractivity contribution in [1.82, 2.24) is 0 Å². The van der Waals surface area contributed by atoms with Gasteiger partial charge in [-0.05, 0) is 144 Å². The van der Waals surface area contributed by atoms with Crippen molar-refractivity contribution in [3.63, 3.8) is 0 Å². The zero-order valence-electron chi connectivity index (χ0n) is 36.7. The molecule has 0 fully saturated rings. The molecule has 8 rings (SSSR count). The van der Waals surface area contributed by atoms with Gasteiger partial charge >= 0.3 is 12.4 Å². The zero-order valence-corrected chi connectivity index (χ0v) is 36.7. The van der Waals surface area contributed by atoms with Crippen LogP contribution in [0.4, 0.5) is 49.1 Å². The lowest BCUT2D eigenvalue weighted by Gasteiger charge is -2.38. The van der Waals surface area contributed by atoms with Gasteiger partial charge in [0.25, 0.3) is 0 Å². The van der Waals surface area contributed by atoms with E-state index in [1.54, 1.807) is 36.4 Å². The molecule has 8 aromatic carbocycles. The third-order valence-electron chi connectivity index (χ3n) is 11.0. The highest BCUT2D eigenvalue weighted by Crippen LogP contribution is 2.56. The molecule has 0 saturated heterocycles. The van der Waals surface area contributed by atoms with E-state index in [-0.39, 0.29) is 28.4 Å². The van der Waals surface area contributed by atoms with Gasteiger partial charge < -0.3 is 41.9 Å². The average Bonchev–Trinajstić information content (AvgIpc) is 3.29. The number of hydrogen-bond acceptors (Lipinski definition) is 8. The quantitative estimate of drug-likeness (QED) is 0.0701. The van der Waals surface area contributed by atoms with Crippen molar-refractivity contribution >= 4 is 22.7 Å². The number of ether oxygens (including phenoxy) is 4. The van der Waals surface area contributed by atoms with E-state index in [9.17, 15) is 26.3 Å². The first-order valence-electron chi connectivity index (χ1n) is 21.0. The van der Waals surface area contributed by atoms with Crippen LogP contribution in [-0.4, -0.2) is 12.4 Å². The molecule has 0 heterocycles. The first-order chi connectivity index (χ1) is 32.3. The summed E-state index contributed by atoms with van der Waals surface area (Å²) in [4.78, 5) is 0. The smallest absolute Gasteiger partial charge is 0.411 e. The number of nitrogen functional groups attached to an aromatic ring is 4. The molecule has 68 heavy (non-hydrogen) atoms. The first-order valence-corrected chi connectivity index (χ1v) is 21.0. The first kappa shape index (κ1) is 47.7. The van der Waals surface area contributed by atoms with E-state index >= 15 is 0 Å². The molecule has 0 aliphatic carbocycles. The van der Waals surface area contributed by atoms with Crippen LogP contribution >= 0.6 is 0 Å². The van der Waals surface area contributed by atoms with Crippen molar-refractivity contribution in [3.8, 4) is 46.0 Å². The average molecular weight is 929 g/mol. The van der Waals surface area contributed by atoms with Crippen LogP contribution in [0.1, 0.15) is 36.1 Å². The molecule has 348 valence electrons. The molecule has 0 aromatic heterocycles. The summed E-state index contributed by atoms with van der Waals surface area (Å²) < 4.78 is 109. The van der Waals surface area contributed by atoms with E-state index in [0.717, 1.165) is 71.5 Å². The predicted molar refractivity (Wildman–Crippen MR) is 254 cm³/mol. The van der Waals surface area contributed by atoms with Gasteiger partial charge in [-0.1, -0.05) is 74.5 Å². The summed E-state index contributed by atoms with van der Waals surface area (Å²) in [6, 6.07) is 50.7. The Bertz CT molecular complexity index is 2710. The molecule has 0 atom stereocenters. The van der Waals surface area contributed by atoms with Crippen molar-refractivity contribution in [2.24, 2.45) is 0 Å². The van der Waals surface area contributed by atoms with Crippen LogP contribution in [-0.2, 0) is 10.8 Å². The predicted octanol–water partition coefficient (Wildman–Crippen LogP) is 14.6. The Morgan fingerprint density at radius 1 is 0.294 bits per heavy atom. The van der Waals surface area contributed by atoms with E-state index in [4.69, 9.17) is 41.9 Å². The molecular formula is C54H46F6N4O4. The molecule has 0 bridgehead atoms.